The summed E-state index contributed by atoms with van der Waals surface area (Å²) in [6.07, 6.45) is 3.24. The maximum atomic E-state index is 15.0. The standard InChI is InChI=1S/C44H54FN9O8/c1-43(2,3)62-42(59)49-36-24-30(52-14-10-44(11-15-52)27-61-28-44)25-48-38(36)40(57)47-13-21-60-20-12-46-26-37(55)53-16-18-54(19-17-53)41(58)33-22-29(8-9-34(33)45)23-35-31-6-4-5-7-32(31)39(56)51-50-35/h4-9,22,24-25,46H,10-21,23,26-28H2,1-3H3,(H,47,57)(H,49,59)(H,51,56). The Hall–Kier alpha value is -5.98. The highest BCUT2D eigenvalue weighted by atomic mass is 19.1. The smallest absolute Gasteiger partial charge is 0.412 e. The van der Waals surface area contributed by atoms with E-state index < -0.39 is 29.3 Å². The van der Waals surface area contributed by atoms with E-state index in [9.17, 15) is 28.4 Å². The van der Waals surface area contributed by atoms with Gasteiger partial charge in [0, 0.05) is 69.6 Å². The van der Waals surface area contributed by atoms with Gasteiger partial charge in [0.15, 0.2) is 5.69 Å². The zero-order valence-corrected chi connectivity index (χ0v) is 35.4. The van der Waals surface area contributed by atoms with Crippen molar-refractivity contribution in [2.75, 3.05) is 95.5 Å². The molecule has 3 saturated heterocycles. The Balaban J connectivity index is 0.812. The highest BCUT2D eigenvalue weighted by Gasteiger charge is 2.41. The van der Waals surface area contributed by atoms with Crippen molar-refractivity contribution in [3.8, 4) is 0 Å². The molecule has 330 valence electrons. The molecule has 3 aliphatic heterocycles. The van der Waals surface area contributed by atoms with E-state index in [0.717, 1.165) is 44.8 Å². The zero-order valence-electron chi connectivity index (χ0n) is 35.4. The maximum absolute atomic E-state index is 15.0. The molecule has 0 bridgehead atoms. The van der Waals surface area contributed by atoms with Gasteiger partial charge in [-0.2, -0.15) is 5.10 Å². The summed E-state index contributed by atoms with van der Waals surface area (Å²) in [7, 11) is 0. The number of hydrogen-bond acceptors (Lipinski definition) is 12. The molecule has 3 fully saturated rings. The Morgan fingerprint density at radius 2 is 1.63 bits per heavy atom. The number of nitrogens with zero attached hydrogens (tertiary/aromatic N) is 5. The van der Waals surface area contributed by atoms with Crippen LogP contribution in [0.1, 0.15) is 65.7 Å². The van der Waals surface area contributed by atoms with Crippen molar-refractivity contribution in [3.63, 3.8) is 0 Å². The van der Waals surface area contributed by atoms with E-state index in [1.54, 1.807) is 67.1 Å². The van der Waals surface area contributed by atoms with Crippen molar-refractivity contribution >= 4 is 46.0 Å². The molecule has 7 rings (SSSR count). The number of anilines is 2. The lowest BCUT2D eigenvalue weighted by Crippen LogP contribution is -2.52. The van der Waals surface area contributed by atoms with E-state index >= 15 is 0 Å². The van der Waals surface area contributed by atoms with E-state index in [1.165, 1.54) is 12.1 Å². The molecule has 2 aromatic carbocycles. The molecule has 0 unspecified atom stereocenters. The van der Waals surface area contributed by atoms with Crippen molar-refractivity contribution in [2.45, 2.75) is 45.6 Å². The van der Waals surface area contributed by atoms with Crippen LogP contribution in [0.2, 0.25) is 0 Å². The number of benzene rings is 2. The molecule has 62 heavy (non-hydrogen) atoms. The summed E-state index contributed by atoms with van der Waals surface area (Å²) in [6.45, 7) is 10.7. The monoisotopic (exact) mass is 855 g/mol. The summed E-state index contributed by atoms with van der Waals surface area (Å²) in [4.78, 5) is 74.3. The first-order chi connectivity index (χ1) is 29.8. The first-order valence-corrected chi connectivity index (χ1v) is 21.0. The number of piperazine rings is 1. The second-order valence-corrected chi connectivity index (χ2v) is 17.0. The minimum Gasteiger partial charge on any atom is -0.444 e. The second-order valence-electron chi connectivity index (χ2n) is 17.0. The molecule has 2 aromatic heterocycles. The van der Waals surface area contributed by atoms with Crippen LogP contribution >= 0.6 is 0 Å². The number of amides is 4. The van der Waals surface area contributed by atoms with E-state index in [2.05, 4.69) is 36.0 Å². The van der Waals surface area contributed by atoms with E-state index in [0.29, 0.717) is 41.7 Å². The second kappa shape index (κ2) is 19.4. The number of nitrogens with one attached hydrogen (secondary N) is 4. The number of rotatable bonds is 14. The van der Waals surface area contributed by atoms with Gasteiger partial charge in [-0.15, -0.1) is 0 Å². The fourth-order valence-corrected chi connectivity index (χ4v) is 7.78. The number of halogens is 1. The molecule has 4 amide bonds. The summed E-state index contributed by atoms with van der Waals surface area (Å²) in [5, 5.41) is 16.5. The van der Waals surface area contributed by atoms with Gasteiger partial charge in [-0.1, -0.05) is 24.3 Å². The number of hydrogen-bond donors (Lipinski definition) is 4. The lowest BCUT2D eigenvalue weighted by molar-refractivity contribution is -0.131. The van der Waals surface area contributed by atoms with Gasteiger partial charge in [-0.05, 0) is 63.4 Å². The van der Waals surface area contributed by atoms with Crippen LogP contribution in [0.25, 0.3) is 10.8 Å². The van der Waals surface area contributed by atoms with E-state index in [4.69, 9.17) is 14.2 Å². The third-order valence-corrected chi connectivity index (χ3v) is 11.3. The van der Waals surface area contributed by atoms with Gasteiger partial charge in [-0.25, -0.2) is 19.3 Å². The van der Waals surface area contributed by atoms with Crippen LogP contribution in [-0.2, 0) is 25.4 Å². The molecule has 4 N–H and O–H groups in total. The highest BCUT2D eigenvalue weighted by molar-refractivity contribution is 6.01. The molecule has 5 heterocycles. The molecule has 17 nitrogen and oxygen atoms in total. The van der Waals surface area contributed by atoms with Gasteiger partial charge < -0.3 is 39.5 Å². The summed E-state index contributed by atoms with van der Waals surface area (Å²) in [5.74, 6) is -1.71. The van der Waals surface area contributed by atoms with Gasteiger partial charge in [0.1, 0.15) is 11.4 Å². The lowest BCUT2D eigenvalue weighted by atomic mass is 9.77. The normalized spacial score (nSPS) is 16.2. The van der Waals surface area contributed by atoms with E-state index in [-0.39, 0.29) is 79.6 Å². The van der Waals surface area contributed by atoms with Crippen LogP contribution in [0.15, 0.2) is 59.5 Å². The SMILES string of the molecule is CC(C)(C)OC(=O)Nc1cc(N2CCC3(CC2)COC3)cnc1C(=O)NCCOCCNCC(=O)N1CCN(C(=O)c2cc(Cc3n[nH]c(=O)c4ccccc34)ccc2F)CC1. The molecular weight excluding hydrogens is 802 g/mol. The molecule has 18 heteroatoms. The van der Waals surface area contributed by atoms with Crippen molar-refractivity contribution in [1.29, 1.82) is 0 Å². The summed E-state index contributed by atoms with van der Waals surface area (Å²) >= 11 is 0. The van der Waals surface area contributed by atoms with Crippen LogP contribution in [0.3, 0.4) is 0 Å². The number of carbonyl (C=O) groups excluding carboxylic acids is 4. The molecule has 0 radical (unpaired) electrons. The molecule has 0 atom stereocenters. The Labute approximate surface area is 358 Å². The highest BCUT2D eigenvalue weighted by Crippen LogP contribution is 2.40. The lowest BCUT2D eigenvalue weighted by Gasteiger charge is -2.47. The molecule has 4 aromatic rings. The van der Waals surface area contributed by atoms with Crippen molar-refractivity contribution in [2.24, 2.45) is 5.41 Å². The number of piperidine rings is 1. The van der Waals surface area contributed by atoms with Crippen LogP contribution in [0.4, 0.5) is 20.6 Å². The fraction of sp³-hybridized carbons (Fsp3) is 0.477. The molecule has 0 aliphatic carbocycles. The van der Waals surface area contributed by atoms with Crippen molar-refractivity contribution < 1.29 is 37.8 Å². The Morgan fingerprint density at radius 3 is 2.34 bits per heavy atom. The minimum atomic E-state index is -0.733. The van der Waals surface area contributed by atoms with Gasteiger partial charge in [0.25, 0.3) is 17.4 Å². The molecular formula is C44H54FN9O8. The topological polar surface area (TPSA) is 200 Å². The summed E-state index contributed by atoms with van der Waals surface area (Å²) in [5.41, 5.74) is 1.54. The predicted octanol–water partition coefficient (Wildman–Crippen LogP) is 3.33. The van der Waals surface area contributed by atoms with Crippen LogP contribution < -0.4 is 26.4 Å². The molecule has 0 saturated carbocycles. The Bertz CT molecular complexity index is 2330. The number of carbonyl (C=O) groups is 4. The maximum Gasteiger partial charge on any atom is 0.412 e. The van der Waals surface area contributed by atoms with E-state index in [1.807, 2.05) is 6.07 Å². The summed E-state index contributed by atoms with van der Waals surface area (Å²) in [6, 6.07) is 13.2. The van der Waals surface area contributed by atoms with Crippen molar-refractivity contribution in [1.82, 2.24) is 35.6 Å². The Morgan fingerprint density at radius 1 is 0.919 bits per heavy atom. The van der Waals surface area contributed by atoms with Gasteiger partial charge in [0.05, 0.1) is 67.2 Å². The summed E-state index contributed by atoms with van der Waals surface area (Å²) < 4.78 is 31.5. The largest absolute Gasteiger partial charge is 0.444 e. The Kier molecular flexibility index (Phi) is 13.8. The first kappa shape index (κ1) is 44.1. The van der Waals surface area contributed by atoms with Gasteiger partial charge in [0.2, 0.25) is 5.91 Å². The minimum absolute atomic E-state index is 0.0538. The third kappa shape index (κ3) is 10.9. The number of H-pyrrole nitrogens is 1. The van der Waals surface area contributed by atoms with Crippen molar-refractivity contribution in [3.05, 3.63) is 93.4 Å². The number of aromatic amines is 1. The fourth-order valence-electron chi connectivity index (χ4n) is 7.78. The quantitative estimate of drug-likeness (QED) is 0.135. The van der Waals surface area contributed by atoms with Crippen LogP contribution in [-0.4, -0.2) is 140 Å². The predicted molar refractivity (Wildman–Crippen MR) is 229 cm³/mol. The van der Waals surface area contributed by atoms with Crippen LogP contribution in [0.5, 0.6) is 0 Å². The zero-order chi connectivity index (χ0) is 43.9. The average Bonchev–Trinajstić information content (AvgIpc) is 3.24. The molecule has 3 aliphatic rings. The number of fused-ring (bicyclic) bond motifs is 1. The third-order valence-electron chi connectivity index (χ3n) is 11.3. The molecule has 1 spiro atoms. The number of ether oxygens (including phenoxy) is 3. The number of aromatic nitrogens is 3. The van der Waals surface area contributed by atoms with Gasteiger partial charge >= 0.3 is 6.09 Å². The average molecular weight is 856 g/mol. The number of pyridine rings is 1. The van der Waals surface area contributed by atoms with Gasteiger partial charge in [-0.3, -0.25) is 24.5 Å². The van der Waals surface area contributed by atoms with Crippen LogP contribution in [0, 0.1) is 11.2 Å². The first-order valence-electron chi connectivity index (χ1n) is 21.0.